The summed E-state index contributed by atoms with van der Waals surface area (Å²) >= 11 is 1.70. The Bertz CT molecular complexity index is 561. The maximum atomic E-state index is 4.40. The standard InChI is InChI=1S/C15H19N3S/c1-15(2,14-17-7-8-19-14)18-10-11-3-4-12-5-6-16-13(12)9-11/h3-4,7-9,16,18H,5-6,10H2,1-2H3. The molecule has 2 N–H and O–H groups in total. The lowest BCUT2D eigenvalue weighted by atomic mass is 10.0. The molecule has 0 saturated heterocycles. The van der Waals surface area contributed by atoms with E-state index in [9.17, 15) is 0 Å². The van der Waals surface area contributed by atoms with E-state index in [0.717, 1.165) is 24.5 Å². The van der Waals surface area contributed by atoms with E-state index in [2.05, 4.69) is 47.7 Å². The number of aromatic nitrogens is 1. The summed E-state index contributed by atoms with van der Waals surface area (Å²) in [5.41, 5.74) is 3.97. The summed E-state index contributed by atoms with van der Waals surface area (Å²) in [7, 11) is 0. The number of fused-ring (bicyclic) bond motifs is 1. The van der Waals surface area contributed by atoms with Crippen molar-refractivity contribution >= 4 is 17.0 Å². The summed E-state index contributed by atoms with van der Waals surface area (Å²) in [6.45, 7) is 6.28. The Hall–Kier alpha value is -1.39. The molecule has 3 nitrogen and oxygen atoms in total. The predicted octanol–water partition coefficient (Wildman–Crippen LogP) is 3.14. The molecule has 0 radical (unpaired) electrons. The smallest absolute Gasteiger partial charge is 0.112 e. The van der Waals surface area contributed by atoms with Crippen LogP contribution >= 0.6 is 11.3 Å². The lowest BCUT2D eigenvalue weighted by Crippen LogP contribution is -2.35. The van der Waals surface area contributed by atoms with Gasteiger partial charge in [-0.15, -0.1) is 11.3 Å². The van der Waals surface area contributed by atoms with Crippen molar-refractivity contribution in [1.82, 2.24) is 10.3 Å². The minimum atomic E-state index is -0.0827. The van der Waals surface area contributed by atoms with Crippen molar-refractivity contribution in [2.45, 2.75) is 32.4 Å². The van der Waals surface area contributed by atoms with Crippen molar-refractivity contribution < 1.29 is 0 Å². The fraction of sp³-hybridized carbons (Fsp3) is 0.400. The zero-order valence-corrected chi connectivity index (χ0v) is 12.2. The van der Waals surface area contributed by atoms with Crippen molar-refractivity contribution in [2.24, 2.45) is 0 Å². The van der Waals surface area contributed by atoms with E-state index in [1.54, 1.807) is 11.3 Å². The summed E-state index contributed by atoms with van der Waals surface area (Å²) in [5, 5.41) is 10.2. The average Bonchev–Trinajstić information content (AvgIpc) is 3.07. The molecular formula is C15H19N3S. The topological polar surface area (TPSA) is 37.0 Å². The molecular weight excluding hydrogens is 254 g/mol. The van der Waals surface area contributed by atoms with Crippen LogP contribution in [0.3, 0.4) is 0 Å². The van der Waals surface area contributed by atoms with Crippen molar-refractivity contribution in [3.63, 3.8) is 0 Å². The Labute approximate surface area is 118 Å². The molecule has 1 aromatic carbocycles. The molecule has 0 atom stereocenters. The van der Waals surface area contributed by atoms with Gasteiger partial charge < -0.3 is 10.6 Å². The first-order valence-electron chi connectivity index (χ1n) is 6.66. The molecule has 2 aromatic rings. The predicted molar refractivity (Wildman–Crippen MR) is 80.6 cm³/mol. The second-order valence-corrected chi connectivity index (χ2v) is 6.38. The zero-order valence-electron chi connectivity index (χ0n) is 11.4. The highest BCUT2D eigenvalue weighted by molar-refractivity contribution is 7.09. The minimum Gasteiger partial charge on any atom is -0.384 e. The van der Waals surface area contributed by atoms with Gasteiger partial charge in [0.05, 0.1) is 5.54 Å². The third-order valence-corrected chi connectivity index (χ3v) is 4.68. The largest absolute Gasteiger partial charge is 0.384 e. The van der Waals surface area contributed by atoms with E-state index in [-0.39, 0.29) is 5.54 Å². The van der Waals surface area contributed by atoms with Crippen molar-refractivity contribution in [1.29, 1.82) is 0 Å². The third-order valence-electron chi connectivity index (χ3n) is 3.59. The molecule has 3 rings (SSSR count). The van der Waals surface area contributed by atoms with E-state index in [4.69, 9.17) is 0 Å². The van der Waals surface area contributed by atoms with Crippen LogP contribution in [0, 0.1) is 0 Å². The molecule has 100 valence electrons. The summed E-state index contributed by atoms with van der Waals surface area (Å²) in [6.07, 6.45) is 3.01. The van der Waals surface area contributed by atoms with Gasteiger partial charge >= 0.3 is 0 Å². The number of nitrogens with zero attached hydrogens (tertiary/aromatic N) is 1. The number of anilines is 1. The van der Waals surface area contributed by atoms with E-state index in [1.807, 2.05) is 11.6 Å². The Morgan fingerprint density at radius 3 is 3.11 bits per heavy atom. The van der Waals surface area contributed by atoms with Gasteiger partial charge in [-0.1, -0.05) is 12.1 Å². The number of thiazole rings is 1. The second-order valence-electron chi connectivity index (χ2n) is 5.48. The maximum Gasteiger partial charge on any atom is 0.112 e. The van der Waals surface area contributed by atoms with Gasteiger partial charge in [0.25, 0.3) is 0 Å². The van der Waals surface area contributed by atoms with Crippen LogP contribution in [0.4, 0.5) is 5.69 Å². The van der Waals surface area contributed by atoms with Crippen LogP contribution in [-0.2, 0) is 18.5 Å². The molecule has 0 fully saturated rings. The molecule has 19 heavy (non-hydrogen) atoms. The van der Waals surface area contributed by atoms with E-state index in [1.165, 1.54) is 16.8 Å². The van der Waals surface area contributed by atoms with Crippen LogP contribution in [0.15, 0.2) is 29.8 Å². The number of nitrogens with one attached hydrogen (secondary N) is 2. The highest BCUT2D eigenvalue weighted by Crippen LogP contribution is 2.25. The van der Waals surface area contributed by atoms with Gasteiger partial charge in [0.15, 0.2) is 0 Å². The lowest BCUT2D eigenvalue weighted by Gasteiger charge is -2.24. The van der Waals surface area contributed by atoms with Crippen molar-refractivity contribution in [2.75, 3.05) is 11.9 Å². The first kappa shape index (κ1) is 12.6. The first-order valence-corrected chi connectivity index (χ1v) is 7.54. The molecule has 0 aliphatic carbocycles. The average molecular weight is 273 g/mol. The monoisotopic (exact) mass is 273 g/mol. The normalized spacial score (nSPS) is 14.2. The van der Waals surface area contributed by atoms with Gasteiger partial charge in [-0.2, -0.15) is 0 Å². The Morgan fingerprint density at radius 2 is 2.32 bits per heavy atom. The van der Waals surface area contributed by atoms with Gasteiger partial charge in [-0.05, 0) is 37.5 Å². The molecule has 1 aliphatic heterocycles. The molecule has 4 heteroatoms. The minimum absolute atomic E-state index is 0.0827. The maximum absolute atomic E-state index is 4.40. The molecule has 1 aromatic heterocycles. The van der Waals surface area contributed by atoms with Crippen LogP contribution in [-0.4, -0.2) is 11.5 Å². The van der Waals surface area contributed by atoms with E-state index >= 15 is 0 Å². The number of benzene rings is 1. The molecule has 0 spiro atoms. The Morgan fingerprint density at radius 1 is 1.42 bits per heavy atom. The molecule has 0 amide bonds. The van der Waals surface area contributed by atoms with Crippen LogP contribution in [0.5, 0.6) is 0 Å². The SMILES string of the molecule is CC(C)(NCc1ccc2c(c1)NCC2)c1nccs1. The quantitative estimate of drug-likeness (QED) is 0.898. The summed E-state index contributed by atoms with van der Waals surface area (Å²) < 4.78 is 0. The number of hydrogen-bond acceptors (Lipinski definition) is 4. The highest BCUT2D eigenvalue weighted by atomic mass is 32.1. The third kappa shape index (κ3) is 2.65. The summed E-state index contributed by atoms with van der Waals surface area (Å²) in [6, 6.07) is 6.72. The van der Waals surface area contributed by atoms with Gasteiger partial charge in [0.1, 0.15) is 5.01 Å². The zero-order chi connectivity index (χ0) is 13.3. The summed E-state index contributed by atoms with van der Waals surface area (Å²) in [5.74, 6) is 0. The molecule has 0 bridgehead atoms. The molecule has 1 aliphatic rings. The molecule has 0 saturated carbocycles. The second kappa shape index (κ2) is 4.94. The Balaban J connectivity index is 1.69. The van der Waals surface area contributed by atoms with Gasteiger partial charge in [0.2, 0.25) is 0 Å². The fourth-order valence-corrected chi connectivity index (χ4v) is 3.12. The number of hydrogen-bond donors (Lipinski definition) is 2. The summed E-state index contributed by atoms with van der Waals surface area (Å²) in [4.78, 5) is 4.40. The lowest BCUT2D eigenvalue weighted by molar-refractivity contribution is 0.399. The number of rotatable bonds is 4. The van der Waals surface area contributed by atoms with Crippen LogP contribution in [0.2, 0.25) is 0 Å². The van der Waals surface area contributed by atoms with Crippen molar-refractivity contribution in [3.8, 4) is 0 Å². The van der Waals surface area contributed by atoms with Crippen LogP contribution in [0.1, 0.15) is 30.0 Å². The Kier molecular flexibility index (Phi) is 3.29. The van der Waals surface area contributed by atoms with Gasteiger partial charge in [-0.3, -0.25) is 0 Å². The fourth-order valence-electron chi connectivity index (χ4n) is 2.38. The van der Waals surface area contributed by atoms with Gasteiger partial charge in [0, 0.05) is 30.4 Å². The van der Waals surface area contributed by atoms with Gasteiger partial charge in [-0.25, -0.2) is 4.98 Å². The first-order chi connectivity index (χ1) is 9.15. The molecule has 2 heterocycles. The highest BCUT2D eigenvalue weighted by Gasteiger charge is 2.22. The van der Waals surface area contributed by atoms with Crippen molar-refractivity contribution in [3.05, 3.63) is 45.9 Å². The van der Waals surface area contributed by atoms with Crippen LogP contribution < -0.4 is 10.6 Å². The van der Waals surface area contributed by atoms with Crippen LogP contribution in [0.25, 0.3) is 0 Å². The van der Waals surface area contributed by atoms with E-state index < -0.39 is 0 Å². The van der Waals surface area contributed by atoms with E-state index in [0.29, 0.717) is 0 Å². The molecule has 0 unspecified atom stereocenters.